The van der Waals surface area contributed by atoms with E-state index in [4.69, 9.17) is 4.74 Å². The van der Waals surface area contributed by atoms with Gasteiger partial charge in [-0.05, 0) is 67.9 Å². The molecule has 2 aromatic carbocycles. The third-order valence-corrected chi connectivity index (χ3v) is 6.33. The molecule has 1 amide bonds. The van der Waals surface area contributed by atoms with Gasteiger partial charge >= 0.3 is 6.09 Å². The highest BCUT2D eigenvalue weighted by Gasteiger charge is 2.47. The molecule has 2 saturated heterocycles. The summed E-state index contributed by atoms with van der Waals surface area (Å²) in [6, 6.07) is 14.4. The summed E-state index contributed by atoms with van der Waals surface area (Å²) in [5.74, 6) is -0.258. The largest absolute Gasteiger partial charge is 0.445 e. The predicted octanol–water partition coefficient (Wildman–Crippen LogP) is 4.76. The van der Waals surface area contributed by atoms with Gasteiger partial charge in [-0.2, -0.15) is 0 Å². The molecule has 5 heteroatoms. The molecule has 0 spiro atoms. The molecule has 4 nitrogen and oxygen atoms in total. The second kappa shape index (κ2) is 8.15. The fourth-order valence-electron chi connectivity index (χ4n) is 4.98. The smallest absolute Gasteiger partial charge is 0.410 e. The molecule has 2 heterocycles. The summed E-state index contributed by atoms with van der Waals surface area (Å²) in [4.78, 5) is 14.7. The molecule has 0 radical (unpaired) electrons. The molecular weight excluding hydrogens is 369 g/mol. The lowest BCUT2D eigenvalue weighted by Crippen LogP contribution is -2.60. The maximum Gasteiger partial charge on any atom is 0.410 e. The topological polar surface area (TPSA) is 49.8 Å². The number of piperidine rings is 2. The van der Waals surface area contributed by atoms with E-state index in [2.05, 4.69) is 0 Å². The van der Waals surface area contributed by atoms with Gasteiger partial charge in [-0.1, -0.05) is 36.4 Å². The Bertz CT molecular complexity index is 856. The molecule has 2 atom stereocenters. The van der Waals surface area contributed by atoms with Gasteiger partial charge in [0.25, 0.3) is 0 Å². The van der Waals surface area contributed by atoms with Crippen molar-refractivity contribution in [3.8, 4) is 0 Å². The van der Waals surface area contributed by atoms with E-state index in [1.54, 1.807) is 6.07 Å². The van der Waals surface area contributed by atoms with Crippen LogP contribution in [0.5, 0.6) is 0 Å². The van der Waals surface area contributed by atoms with Crippen molar-refractivity contribution in [1.29, 1.82) is 0 Å². The summed E-state index contributed by atoms with van der Waals surface area (Å²) in [7, 11) is 0. The van der Waals surface area contributed by atoms with E-state index in [1.807, 2.05) is 42.2 Å². The van der Waals surface area contributed by atoms with Gasteiger partial charge in [0, 0.05) is 18.5 Å². The number of amides is 1. The van der Waals surface area contributed by atoms with Crippen molar-refractivity contribution in [2.24, 2.45) is 0 Å². The summed E-state index contributed by atoms with van der Waals surface area (Å²) in [5, 5.41) is 11.4. The second-order valence-electron chi connectivity index (χ2n) is 8.57. The summed E-state index contributed by atoms with van der Waals surface area (Å²) in [6.45, 7) is 2.13. The number of fused-ring (bicyclic) bond motifs is 2. The number of carbonyl (C=O) groups excluding carboxylic acids is 1. The minimum Gasteiger partial charge on any atom is -0.445 e. The number of benzene rings is 2. The van der Waals surface area contributed by atoms with E-state index in [0.717, 1.165) is 36.0 Å². The van der Waals surface area contributed by atoms with Gasteiger partial charge in [0.15, 0.2) is 0 Å². The average Bonchev–Trinajstić information content (AvgIpc) is 2.68. The highest BCUT2D eigenvalue weighted by Crippen LogP contribution is 2.41. The molecular formula is C24H28FNO3. The lowest BCUT2D eigenvalue weighted by molar-refractivity contribution is -0.0846. The Kier molecular flexibility index (Phi) is 5.59. The lowest BCUT2D eigenvalue weighted by atomic mass is 9.73. The molecule has 2 aliphatic heterocycles. The van der Waals surface area contributed by atoms with Gasteiger partial charge in [0.2, 0.25) is 0 Å². The zero-order valence-corrected chi connectivity index (χ0v) is 16.8. The fraction of sp³-hybridized carbons (Fsp3) is 0.458. The van der Waals surface area contributed by atoms with Gasteiger partial charge in [0.05, 0.1) is 5.60 Å². The highest BCUT2D eigenvalue weighted by molar-refractivity contribution is 5.69. The van der Waals surface area contributed by atoms with Crippen LogP contribution in [-0.2, 0) is 17.8 Å². The number of nitrogens with zero attached hydrogens (tertiary/aromatic N) is 1. The second-order valence-corrected chi connectivity index (χ2v) is 8.57. The van der Waals surface area contributed by atoms with E-state index < -0.39 is 5.60 Å². The normalized spacial score (nSPS) is 26.2. The summed E-state index contributed by atoms with van der Waals surface area (Å²) >= 11 is 0. The van der Waals surface area contributed by atoms with Crippen LogP contribution in [0.2, 0.25) is 0 Å². The summed E-state index contributed by atoms with van der Waals surface area (Å²) < 4.78 is 19.0. The molecule has 0 aromatic heterocycles. The third-order valence-electron chi connectivity index (χ3n) is 6.33. The van der Waals surface area contributed by atoms with Crippen LogP contribution in [-0.4, -0.2) is 33.8 Å². The zero-order valence-electron chi connectivity index (χ0n) is 16.8. The zero-order chi connectivity index (χ0) is 20.4. The number of hydrogen-bond acceptors (Lipinski definition) is 3. The SMILES string of the molecule is Cc1cc(F)ccc1CC1(O)CC2CCCC(C1)N2C(=O)OCc1ccccc1. The van der Waals surface area contributed by atoms with E-state index in [0.29, 0.717) is 19.3 Å². The van der Waals surface area contributed by atoms with Gasteiger partial charge in [-0.25, -0.2) is 9.18 Å². The monoisotopic (exact) mass is 397 g/mol. The first-order chi connectivity index (χ1) is 13.9. The molecule has 4 rings (SSSR count). The number of halogens is 1. The first-order valence-corrected chi connectivity index (χ1v) is 10.4. The maximum atomic E-state index is 13.4. The molecule has 2 bridgehead atoms. The van der Waals surface area contributed by atoms with E-state index in [1.165, 1.54) is 12.1 Å². The van der Waals surface area contributed by atoms with E-state index in [9.17, 15) is 14.3 Å². The lowest BCUT2D eigenvalue weighted by Gasteiger charge is -2.51. The van der Waals surface area contributed by atoms with Gasteiger partial charge < -0.3 is 14.7 Å². The molecule has 2 unspecified atom stereocenters. The van der Waals surface area contributed by atoms with Crippen molar-refractivity contribution in [2.45, 2.75) is 69.7 Å². The minimum atomic E-state index is -0.880. The van der Waals surface area contributed by atoms with Crippen LogP contribution < -0.4 is 0 Å². The Morgan fingerprint density at radius 2 is 1.86 bits per heavy atom. The van der Waals surface area contributed by atoms with Crippen molar-refractivity contribution in [1.82, 2.24) is 4.90 Å². The van der Waals surface area contributed by atoms with Crippen molar-refractivity contribution >= 4 is 6.09 Å². The fourth-order valence-corrected chi connectivity index (χ4v) is 4.98. The van der Waals surface area contributed by atoms with E-state index in [-0.39, 0.29) is 30.6 Å². The predicted molar refractivity (Wildman–Crippen MR) is 109 cm³/mol. The van der Waals surface area contributed by atoms with Crippen LogP contribution in [0.3, 0.4) is 0 Å². The van der Waals surface area contributed by atoms with Crippen LogP contribution >= 0.6 is 0 Å². The number of aliphatic hydroxyl groups is 1. The Hall–Kier alpha value is -2.40. The van der Waals surface area contributed by atoms with Gasteiger partial charge in [-0.3, -0.25) is 0 Å². The van der Waals surface area contributed by atoms with Gasteiger partial charge in [-0.15, -0.1) is 0 Å². The quantitative estimate of drug-likeness (QED) is 0.809. The first kappa shape index (κ1) is 19.9. The van der Waals surface area contributed by atoms with Crippen molar-refractivity contribution in [2.75, 3.05) is 0 Å². The van der Waals surface area contributed by atoms with Crippen LogP contribution in [0.1, 0.15) is 48.8 Å². The van der Waals surface area contributed by atoms with Crippen LogP contribution in [0.4, 0.5) is 9.18 Å². The Labute approximate surface area is 171 Å². The molecule has 2 aliphatic rings. The van der Waals surface area contributed by atoms with Crippen LogP contribution in [0.15, 0.2) is 48.5 Å². The molecule has 29 heavy (non-hydrogen) atoms. The molecule has 2 fully saturated rings. The van der Waals surface area contributed by atoms with Crippen molar-refractivity contribution in [3.05, 3.63) is 71.0 Å². The van der Waals surface area contributed by atoms with Gasteiger partial charge in [0.1, 0.15) is 12.4 Å². The summed E-state index contributed by atoms with van der Waals surface area (Å²) in [6.07, 6.45) is 4.07. The standard InChI is InChI=1S/C24H28FNO3/c1-17-12-20(25)11-10-19(17)13-24(28)14-21-8-5-9-22(15-24)26(21)23(27)29-16-18-6-3-2-4-7-18/h2-4,6-7,10-12,21-22,28H,5,8-9,13-16H2,1H3. The number of aryl methyl sites for hydroxylation is 1. The number of ether oxygens (including phenoxy) is 1. The van der Waals surface area contributed by atoms with Crippen molar-refractivity contribution < 1.29 is 19.0 Å². The van der Waals surface area contributed by atoms with Crippen molar-refractivity contribution in [3.63, 3.8) is 0 Å². The number of hydrogen-bond donors (Lipinski definition) is 1. The molecule has 1 N–H and O–H groups in total. The maximum absolute atomic E-state index is 13.4. The number of rotatable bonds is 4. The Morgan fingerprint density at radius 1 is 1.17 bits per heavy atom. The molecule has 0 saturated carbocycles. The third kappa shape index (κ3) is 4.45. The molecule has 0 aliphatic carbocycles. The summed E-state index contributed by atoms with van der Waals surface area (Å²) in [5.41, 5.74) is 1.90. The minimum absolute atomic E-state index is 0.0171. The van der Waals surface area contributed by atoms with Crippen LogP contribution in [0.25, 0.3) is 0 Å². The van der Waals surface area contributed by atoms with E-state index >= 15 is 0 Å². The van der Waals surface area contributed by atoms with Crippen LogP contribution in [0, 0.1) is 12.7 Å². The number of carbonyl (C=O) groups is 1. The highest BCUT2D eigenvalue weighted by atomic mass is 19.1. The Morgan fingerprint density at radius 3 is 2.52 bits per heavy atom. The average molecular weight is 397 g/mol. The molecule has 2 aromatic rings. The first-order valence-electron chi connectivity index (χ1n) is 10.4. The Balaban J connectivity index is 1.44. The molecule has 154 valence electrons.